The molecule has 11 heteroatoms. The van der Waals surface area contributed by atoms with E-state index in [1.807, 2.05) is 0 Å². The molecule has 2 N–H and O–H groups in total. The summed E-state index contributed by atoms with van der Waals surface area (Å²) in [5, 5.41) is 13.2. The summed E-state index contributed by atoms with van der Waals surface area (Å²) in [6.45, 7) is -0.276. The first kappa shape index (κ1) is 17.3. The van der Waals surface area contributed by atoms with Crippen LogP contribution in [0.2, 0.25) is 0 Å². The van der Waals surface area contributed by atoms with Crippen molar-refractivity contribution in [1.82, 2.24) is 4.72 Å². The van der Waals surface area contributed by atoms with Crippen molar-refractivity contribution in [2.24, 2.45) is 0 Å². The van der Waals surface area contributed by atoms with E-state index in [4.69, 9.17) is 0 Å². The second kappa shape index (κ2) is 6.37. The van der Waals surface area contributed by atoms with Crippen LogP contribution in [0.4, 0.5) is 11.4 Å². The molecule has 0 atom stereocenters. The topological polar surface area (TPSA) is 135 Å². The van der Waals surface area contributed by atoms with E-state index in [9.17, 15) is 26.9 Å². The van der Waals surface area contributed by atoms with Crippen LogP contribution in [-0.2, 0) is 19.9 Å². The third-order valence-electron chi connectivity index (χ3n) is 2.50. The van der Waals surface area contributed by atoms with E-state index in [0.29, 0.717) is 0 Å². The lowest BCUT2D eigenvalue weighted by Crippen LogP contribution is -2.29. The molecule has 0 aromatic heterocycles. The van der Waals surface area contributed by atoms with Crippen molar-refractivity contribution in [3.63, 3.8) is 0 Å². The van der Waals surface area contributed by atoms with Gasteiger partial charge in [0.15, 0.2) is 0 Å². The van der Waals surface area contributed by atoms with Gasteiger partial charge in [-0.3, -0.25) is 10.1 Å². The molecule has 0 heterocycles. The fourth-order valence-corrected chi connectivity index (χ4v) is 3.33. The van der Waals surface area contributed by atoms with E-state index in [2.05, 4.69) is 10.0 Å². The molecular weight excluding hydrogens is 322 g/mol. The van der Waals surface area contributed by atoms with Gasteiger partial charge in [-0.1, -0.05) is 0 Å². The zero-order valence-corrected chi connectivity index (χ0v) is 13.0. The average molecular weight is 337 g/mol. The van der Waals surface area contributed by atoms with Crippen molar-refractivity contribution in [3.05, 3.63) is 28.3 Å². The minimum atomic E-state index is -3.97. The van der Waals surface area contributed by atoms with E-state index in [0.717, 1.165) is 24.5 Å². The molecule has 0 unspecified atom stereocenters. The number of rotatable bonds is 7. The normalized spacial score (nSPS) is 12.1. The highest BCUT2D eigenvalue weighted by molar-refractivity contribution is 7.91. The quantitative estimate of drug-likeness (QED) is 0.526. The number of nitrogens with one attached hydrogen (secondary N) is 2. The van der Waals surface area contributed by atoms with Gasteiger partial charge in [-0.15, -0.1) is 0 Å². The van der Waals surface area contributed by atoms with Gasteiger partial charge in [0.05, 0.1) is 16.4 Å². The van der Waals surface area contributed by atoms with Crippen LogP contribution in [0.25, 0.3) is 0 Å². The number of nitro benzene ring substituents is 1. The minimum Gasteiger partial charge on any atom is -0.387 e. The fraction of sp³-hybridized carbons (Fsp3) is 0.400. The van der Waals surface area contributed by atoms with Gasteiger partial charge < -0.3 is 5.32 Å². The van der Waals surface area contributed by atoms with Crippen molar-refractivity contribution in [1.29, 1.82) is 0 Å². The predicted octanol–water partition coefficient (Wildman–Crippen LogP) is -0.0406. The summed E-state index contributed by atoms with van der Waals surface area (Å²) in [7, 11) is -5.84. The van der Waals surface area contributed by atoms with E-state index in [1.165, 1.54) is 7.05 Å². The van der Waals surface area contributed by atoms with E-state index >= 15 is 0 Å². The molecule has 0 aliphatic heterocycles. The number of hydrogen-bond donors (Lipinski definition) is 2. The number of benzene rings is 1. The maximum atomic E-state index is 12.1. The Balaban J connectivity index is 3.05. The second-order valence-corrected chi connectivity index (χ2v) is 8.21. The van der Waals surface area contributed by atoms with Gasteiger partial charge in [0.1, 0.15) is 14.7 Å². The zero-order chi connectivity index (χ0) is 16.3. The van der Waals surface area contributed by atoms with E-state index in [-0.39, 0.29) is 28.6 Å². The molecule has 21 heavy (non-hydrogen) atoms. The molecule has 0 spiro atoms. The van der Waals surface area contributed by atoms with Crippen LogP contribution in [-0.4, -0.2) is 47.4 Å². The smallest absolute Gasteiger partial charge is 0.271 e. The highest BCUT2D eigenvalue weighted by Gasteiger charge is 2.21. The molecule has 9 nitrogen and oxygen atoms in total. The number of non-ortho nitro benzene ring substituents is 1. The Bertz CT molecular complexity index is 742. The van der Waals surface area contributed by atoms with Crippen LogP contribution in [0.5, 0.6) is 0 Å². The fourth-order valence-electron chi connectivity index (χ4n) is 1.50. The first-order valence-corrected chi connectivity index (χ1v) is 9.25. The third kappa shape index (κ3) is 4.95. The summed E-state index contributed by atoms with van der Waals surface area (Å²) in [6.07, 6.45) is 0.992. The summed E-state index contributed by atoms with van der Waals surface area (Å²) in [4.78, 5) is 9.82. The lowest BCUT2D eigenvalue weighted by atomic mass is 10.3. The third-order valence-corrected chi connectivity index (χ3v) is 4.96. The molecule has 1 rings (SSSR count). The molecule has 0 aliphatic carbocycles. The van der Waals surface area contributed by atoms with E-state index in [1.54, 1.807) is 0 Å². The number of hydrogen-bond acceptors (Lipinski definition) is 7. The van der Waals surface area contributed by atoms with E-state index < -0.39 is 24.8 Å². The van der Waals surface area contributed by atoms with Gasteiger partial charge in [0.25, 0.3) is 5.69 Å². The van der Waals surface area contributed by atoms with Crippen molar-refractivity contribution in [2.45, 2.75) is 4.90 Å². The number of sulfone groups is 1. The summed E-state index contributed by atoms with van der Waals surface area (Å²) < 4.78 is 48.2. The Hall–Kier alpha value is -1.72. The summed E-state index contributed by atoms with van der Waals surface area (Å²) >= 11 is 0. The summed E-state index contributed by atoms with van der Waals surface area (Å²) in [5.74, 6) is -0.339. The summed E-state index contributed by atoms with van der Waals surface area (Å²) in [6, 6.07) is 3.24. The molecule has 1 aromatic rings. The second-order valence-electron chi connectivity index (χ2n) is 4.22. The summed E-state index contributed by atoms with van der Waals surface area (Å²) in [5.41, 5.74) is -0.203. The molecule has 0 fully saturated rings. The maximum Gasteiger partial charge on any atom is 0.271 e. The Labute approximate surface area is 122 Å². The first-order chi connectivity index (χ1) is 9.57. The molecule has 0 saturated heterocycles. The Kier molecular flexibility index (Phi) is 5.25. The molecule has 0 aliphatic rings. The lowest BCUT2D eigenvalue weighted by molar-refractivity contribution is -0.384. The SMILES string of the molecule is CNc1cc([N+](=O)[O-])ccc1S(=O)(=O)NCCS(C)(=O)=O. The van der Waals surface area contributed by atoms with Crippen LogP contribution in [0, 0.1) is 10.1 Å². The van der Waals surface area contributed by atoms with Crippen molar-refractivity contribution in [3.8, 4) is 0 Å². The number of nitro groups is 1. The highest BCUT2D eigenvalue weighted by atomic mass is 32.2. The Morgan fingerprint density at radius 3 is 2.33 bits per heavy atom. The monoisotopic (exact) mass is 337 g/mol. The van der Waals surface area contributed by atoms with Crippen LogP contribution in [0.15, 0.2) is 23.1 Å². The molecule has 0 amide bonds. The molecule has 118 valence electrons. The van der Waals surface area contributed by atoms with Crippen molar-refractivity contribution < 1.29 is 21.8 Å². The van der Waals surface area contributed by atoms with Crippen LogP contribution in [0.1, 0.15) is 0 Å². The first-order valence-electron chi connectivity index (χ1n) is 5.70. The van der Waals surface area contributed by atoms with Gasteiger partial charge >= 0.3 is 0 Å². The van der Waals surface area contributed by atoms with Gasteiger partial charge in [0, 0.05) is 32.0 Å². The highest BCUT2D eigenvalue weighted by Crippen LogP contribution is 2.25. The Morgan fingerprint density at radius 2 is 1.86 bits per heavy atom. The number of anilines is 1. The average Bonchev–Trinajstić information content (AvgIpc) is 2.35. The zero-order valence-electron chi connectivity index (χ0n) is 11.4. The molecule has 1 aromatic carbocycles. The van der Waals surface area contributed by atoms with Gasteiger partial charge in [0.2, 0.25) is 10.0 Å². The van der Waals surface area contributed by atoms with Gasteiger partial charge in [-0.05, 0) is 6.07 Å². The van der Waals surface area contributed by atoms with Crippen molar-refractivity contribution in [2.75, 3.05) is 30.9 Å². The van der Waals surface area contributed by atoms with Crippen LogP contribution < -0.4 is 10.0 Å². The minimum absolute atomic E-state index is 0.0519. The van der Waals surface area contributed by atoms with Gasteiger partial charge in [-0.2, -0.15) is 0 Å². The predicted molar refractivity (Wildman–Crippen MR) is 77.5 cm³/mol. The molecule has 0 saturated carbocycles. The molecule has 0 radical (unpaired) electrons. The lowest BCUT2D eigenvalue weighted by Gasteiger charge is -2.10. The largest absolute Gasteiger partial charge is 0.387 e. The molecular formula is C10H15N3O6S2. The number of nitrogens with zero attached hydrogens (tertiary/aromatic N) is 1. The van der Waals surface area contributed by atoms with Gasteiger partial charge in [-0.25, -0.2) is 21.6 Å². The van der Waals surface area contributed by atoms with Crippen molar-refractivity contribution >= 4 is 31.2 Å². The molecule has 0 bridgehead atoms. The standard InChI is InChI=1S/C10H15N3O6S2/c1-11-9-7-8(13(14)15)3-4-10(9)21(18,19)12-5-6-20(2,16)17/h3-4,7,11-12H,5-6H2,1-2H3. The maximum absolute atomic E-state index is 12.1. The Morgan fingerprint density at radius 1 is 1.24 bits per heavy atom. The number of sulfonamides is 1. The van der Waals surface area contributed by atoms with Crippen LogP contribution >= 0.6 is 0 Å². The van der Waals surface area contributed by atoms with Crippen LogP contribution in [0.3, 0.4) is 0 Å².